The molecule has 0 spiro atoms. The van der Waals surface area contributed by atoms with E-state index in [1.165, 1.54) is 0 Å². The highest BCUT2D eigenvalue weighted by atomic mass is 16.2. The van der Waals surface area contributed by atoms with Gasteiger partial charge in [0.05, 0.1) is 5.92 Å². The minimum Gasteiger partial charge on any atom is -0.352 e. The second-order valence-corrected chi connectivity index (χ2v) is 7.93. The van der Waals surface area contributed by atoms with Gasteiger partial charge in [0.25, 0.3) is 5.91 Å². The predicted octanol–water partition coefficient (Wildman–Crippen LogP) is 1.81. The molecule has 2 aliphatic heterocycles. The highest BCUT2D eigenvalue weighted by Gasteiger charge is 2.40. The van der Waals surface area contributed by atoms with Crippen LogP contribution in [-0.2, 0) is 9.59 Å². The number of carbonyl (C=O) groups excluding carboxylic acids is 3. The number of hydrogen-bond donors (Lipinski definition) is 1. The summed E-state index contributed by atoms with van der Waals surface area (Å²) in [6.07, 6.45) is 5.31. The minimum absolute atomic E-state index is 0.00335. The van der Waals surface area contributed by atoms with Crippen LogP contribution in [-0.4, -0.2) is 59.2 Å². The van der Waals surface area contributed by atoms with Crippen molar-refractivity contribution >= 4 is 17.7 Å². The van der Waals surface area contributed by atoms with Crippen molar-refractivity contribution in [2.75, 3.05) is 19.6 Å². The van der Waals surface area contributed by atoms with Crippen molar-refractivity contribution in [1.82, 2.24) is 15.1 Å². The van der Waals surface area contributed by atoms with Crippen LogP contribution < -0.4 is 5.32 Å². The lowest BCUT2D eigenvalue weighted by atomic mass is 9.95. The zero-order valence-electron chi connectivity index (χ0n) is 15.6. The molecule has 6 heteroatoms. The van der Waals surface area contributed by atoms with Crippen LogP contribution in [0.2, 0.25) is 0 Å². The molecule has 0 aromatic heterocycles. The number of benzene rings is 1. The monoisotopic (exact) mass is 369 g/mol. The van der Waals surface area contributed by atoms with Crippen LogP contribution in [0.1, 0.15) is 48.9 Å². The molecule has 3 fully saturated rings. The van der Waals surface area contributed by atoms with Crippen LogP contribution in [0.15, 0.2) is 30.3 Å². The summed E-state index contributed by atoms with van der Waals surface area (Å²) < 4.78 is 0. The van der Waals surface area contributed by atoms with Crippen LogP contribution >= 0.6 is 0 Å². The van der Waals surface area contributed by atoms with Gasteiger partial charge in [0, 0.05) is 31.2 Å². The molecule has 27 heavy (non-hydrogen) atoms. The molecule has 2 atom stereocenters. The number of nitrogens with one attached hydrogen (secondary N) is 1. The molecule has 2 saturated heterocycles. The SMILES string of the molecule is O=C(NC1CC1)C1CCCN1C(=O)C1CCCN(C(=O)c2ccccc2)C1. The average molecular weight is 369 g/mol. The third-order valence-electron chi connectivity index (χ3n) is 5.84. The number of piperidine rings is 1. The fourth-order valence-electron chi connectivity index (χ4n) is 4.19. The molecular weight excluding hydrogens is 342 g/mol. The molecule has 0 radical (unpaired) electrons. The normalized spacial score (nSPS) is 25.3. The highest BCUT2D eigenvalue weighted by molar-refractivity contribution is 5.95. The van der Waals surface area contributed by atoms with Crippen LogP contribution in [0.3, 0.4) is 0 Å². The molecule has 4 rings (SSSR count). The third kappa shape index (κ3) is 3.99. The lowest BCUT2D eigenvalue weighted by Gasteiger charge is -2.35. The predicted molar refractivity (Wildman–Crippen MR) is 101 cm³/mol. The molecule has 3 amide bonds. The van der Waals surface area contributed by atoms with Gasteiger partial charge < -0.3 is 15.1 Å². The maximum atomic E-state index is 13.1. The molecule has 1 N–H and O–H groups in total. The second-order valence-electron chi connectivity index (χ2n) is 7.93. The van der Waals surface area contributed by atoms with E-state index in [2.05, 4.69) is 5.32 Å². The quantitative estimate of drug-likeness (QED) is 0.880. The minimum atomic E-state index is -0.335. The van der Waals surface area contributed by atoms with Gasteiger partial charge in [-0.25, -0.2) is 0 Å². The van der Waals surface area contributed by atoms with Crippen molar-refractivity contribution in [2.24, 2.45) is 5.92 Å². The standard InChI is InChI=1S/C21H27N3O3/c25-19(22-17-10-11-17)18-9-5-13-24(18)21(27)16-8-4-12-23(14-16)20(26)15-6-2-1-3-7-15/h1-3,6-7,16-18H,4-5,8-14H2,(H,22,25). The molecule has 1 aromatic rings. The van der Waals surface area contributed by atoms with Crippen LogP contribution in [0.25, 0.3) is 0 Å². The average Bonchev–Trinajstić information content (AvgIpc) is 3.39. The van der Waals surface area contributed by atoms with Gasteiger partial charge in [-0.3, -0.25) is 14.4 Å². The number of rotatable bonds is 4. The van der Waals surface area contributed by atoms with Gasteiger partial charge in [-0.05, 0) is 50.7 Å². The smallest absolute Gasteiger partial charge is 0.253 e. The molecule has 2 unspecified atom stereocenters. The Morgan fingerprint density at radius 1 is 0.926 bits per heavy atom. The molecule has 1 aliphatic carbocycles. The van der Waals surface area contributed by atoms with Crippen molar-refractivity contribution in [3.05, 3.63) is 35.9 Å². The van der Waals surface area contributed by atoms with Gasteiger partial charge in [-0.1, -0.05) is 18.2 Å². The number of carbonyl (C=O) groups is 3. The van der Waals surface area contributed by atoms with Crippen LogP contribution in [0, 0.1) is 5.92 Å². The van der Waals surface area contributed by atoms with Crippen LogP contribution in [0.5, 0.6) is 0 Å². The Bertz CT molecular complexity index is 717. The summed E-state index contributed by atoms with van der Waals surface area (Å²) >= 11 is 0. The van der Waals surface area contributed by atoms with Crippen molar-refractivity contribution in [2.45, 2.75) is 50.6 Å². The summed E-state index contributed by atoms with van der Waals surface area (Å²) in [6, 6.07) is 9.20. The Balaban J connectivity index is 1.40. The second kappa shape index (κ2) is 7.71. The number of nitrogens with zero attached hydrogens (tertiary/aromatic N) is 2. The van der Waals surface area contributed by atoms with Crippen molar-refractivity contribution < 1.29 is 14.4 Å². The fraction of sp³-hybridized carbons (Fsp3) is 0.571. The first-order chi connectivity index (χ1) is 13.1. The summed E-state index contributed by atoms with van der Waals surface area (Å²) in [7, 11) is 0. The van der Waals surface area contributed by atoms with Gasteiger partial charge in [-0.15, -0.1) is 0 Å². The lowest BCUT2D eigenvalue weighted by Crippen LogP contribution is -2.51. The number of likely N-dealkylation sites (tertiary alicyclic amines) is 2. The van der Waals surface area contributed by atoms with E-state index >= 15 is 0 Å². The molecule has 3 aliphatic rings. The van der Waals surface area contributed by atoms with Crippen molar-refractivity contribution in [1.29, 1.82) is 0 Å². The molecule has 1 saturated carbocycles. The summed E-state index contributed by atoms with van der Waals surface area (Å²) in [5.41, 5.74) is 0.661. The first-order valence-corrected chi connectivity index (χ1v) is 10.1. The Labute approximate surface area is 159 Å². The largest absolute Gasteiger partial charge is 0.352 e. The Hall–Kier alpha value is -2.37. The van der Waals surface area contributed by atoms with E-state index in [0.29, 0.717) is 31.2 Å². The van der Waals surface area contributed by atoms with E-state index in [-0.39, 0.29) is 29.7 Å². The lowest BCUT2D eigenvalue weighted by molar-refractivity contribution is -0.142. The molecular formula is C21H27N3O3. The summed E-state index contributed by atoms with van der Waals surface area (Å²) in [5.74, 6) is -0.191. The van der Waals surface area contributed by atoms with Gasteiger partial charge >= 0.3 is 0 Å². The first-order valence-electron chi connectivity index (χ1n) is 10.1. The Morgan fingerprint density at radius 2 is 1.67 bits per heavy atom. The van der Waals surface area contributed by atoms with Gasteiger partial charge in [-0.2, -0.15) is 0 Å². The summed E-state index contributed by atoms with van der Waals surface area (Å²) in [6.45, 7) is 1.77. The first kappa shape index (κ1) is 18.0. The van der Waals surface area contributed by atoms with E-state index in [4.69, 9.17) is 0 Å². The van der Waals surface area contributed by atoms with Gasteiger partial charge in [0.15, 0.2) is 0 Å². The van der Waals surface area contributed by atoms with E-state index in [0.717, 1.165) is 38.5 Å². The van der Waals surface area contributed by atoms with Gasteiger partial charge in [0.2, 0.25) is 11.8 Å². The molecule has 2 heterocycles. The maximum Gasteiger partial charge on any atom is 0.253 e. The summed E-state index contributed by atoms with van der Waals surface area (Å²) in [5, 5.41) is 3.03. The molecule has 1 aromatic carbocycles. The zero-order chi connectivity index (χ0) is 18.8. The van der Waals surface area contributed by atoms with E-state index in [1.54, 1.807) is 9.80 Å². The third-order valence-corrected chi connectivity index (χ3v) is 5.84. The molecule has 144 valence electrons. The highest BCUT2D eigenvalue weighted by Crippen LogP contribution is 2.27. The van der Waals surface area contributed by atoms with Gasteiger partial charge in [0.1, 0.15) is 6.04 Å². The fourth-order valence-corrected chi connectivity index (χ4v) is 4.19. The Kier molecular flexibility index (Phi) is 5.14. The Morgan fingerprint density at radius 3 is 2.41 bits per heavy atom. The molecule has 6 nitrogen and oxygen atoms in total. The van der Waals surface area contributed by atoms with Crippen molar-refractivity contribution in [3.63, 3.8) is 0 Å². The topological polar surface area (TPSA) is 69.7 Å². The number of hydrogen-bond acceptors (Lipinski definition) is 3. The zero-order valence-corrected chi connectivity index (χ0v) is 15.6. The van der Waals surface area contributed by atoms with E-state index < -0.39 is 0 Å². The molecule has 0 bridgehead atoms. The van der Waals surface area contributed by atoms with Crippen LogP contribution in [0.4, 0.5) is 0 Å². The van der Waals surface area contributed by atoms with Crippen molar-refractivity contribution in [3.8, 4) is 0 Å². The van der Waals surface area contributed by atoms with E-state index in [1.807, 2.05) is 30.3 Å². The number of amides is 3. The maximum absolute atomic E-state index is 13.1. The summed E-state index contributed by atoms with van der Waals surface area (Å²) in [4.78, 5) is 41.9. The van der Waals surface area contributed by atoms with E-state index in [9.17, 15) is 14.4 Å².